The van der Waals surface area contributed by atoms with E-state index in [-0.39, 0.29) is 5.97 Å². The second kappa shape index (κ2) is 6.70. The Labute approximate surface area is 120 Å². The number of nitrogens with zero attached hydrogens (tertiary/aromatic N) is 2. The van der Waals surface area contributed by atoms with Crippen LogP contribution in [0, 0.1) is 11.8 Å². The number of anilines is 1. The van der Waals surface area contributed by atoms with Crippen LogP contribution in [0.4, 0.5) is 5.82 Å². The summed E-state index contributed by atoms with van der Waals surface area (Å²) in [5.74, 6) is 1.47. The summed E-state index contributed by atoms with van der Waals surface area (Å²) < 4.78 is 5.10. The van der Waals surface area contributed by atoms with Gasteiger partial charge in [-0.2, -0.15) is 0 Å². The largest absolute Gasteiger partial charge is 0.462 e. The maximum absolute atomic E-state index is 12.0. The van der Waals surface area contributed by atoms with Crippen LogP contribution >= 0.6 is 0 Å². The molecular weight excluding hydrogens is 254 g/mol. The third-order valence-electron chi connectivity index (χ3n) is 4.00. The highest BCUT2D eigenvalue weighted by molar-refractivity contribution is 5.94. The SMILES string of the molecule is CCOC(=O)c1cccnc1N1CCC(C)C(CN)C1. The minimum absolute atomic E-state index is 0.307. The summed E-state index contributed by atoms with van der Waals surface area (Å²) in [5, 5.41) is 0. The predicted octanol–water partition coefficient (Wildman–Crippen LogP) is 1.68. The van der Waals surface area contributed by atoms with Gasteiger partial charge in [-0.15, -0.1) is 0 Å². The third-order valence-corrected chi connectivity index (χ3v) is 4.00. The van der Waals surface area contributed by atoms with Crippen LogP contribution in [0.5, 0.6) is 0 Å². The molecule has 2 atom stereocenters. The first-order valence-electron chi connectivity index (χ1n) is 7.24. The van der Waals surface area contributed by atoms with E-state index in [0.717, 1.165) is 25.3 Å². The topological polar surface area (TPSA) is 68.5 Å². The van der Waals surface area contributed by atoms with Gasteiger partial charge in [-0.1, -0.05) is 6.92 Å². The smallest absolute Gasteiger partial charge is 0.341 e. The minimum Gasteiger partial charge on any atom is -0.462 e. The number of hydrogen-bond donors (Lipinski definition) is 1. The summed E-state index contributed by atoms with van der Waals surface area (Å²) in [6, 6.07) is 3.54. The Hall–Kier alpha value is -1.62. The third kappa shape index (κ3) is 3.10. The molecule has 1 aliphatic rings. The highest BCUT2D eigenvalue weighted by Crippen LogP contribution is 2.27. The van der Waals surface area contributed by atoms with Crippen molar-refractivity contribution in [2.45, 2.75) is 20.3 Å². The van der Waals surface area contributed by atoms with Crippen LogP contribution in [0.1, 0.15) is 30.6 Å². The molecule has 2 N–H and O–H groups in total. The molecule has 20 heavy (non-hydrogen) atoms. The lowest BCUT2D eigenvalue weighted by Crippen LogP contribution is -2.43. The first-order valence-corrected chi connectivity index (χ1v) is 7.24. The van der Waals surface area contributed by atoms with Crippen LogP contribution < -0.4 is 10.6 Å². The molecule has 2 rings (SSSR count). The predicted molar refractivity (Wildman–Crippen MR) is 78.7 cm³/mol. The van der Waals surface area contributed by atoms with Crippen LogP contribution in [0.25, 0.3) is 0 Å². The zero-order chi connectivity index (χ0) is 14.5. The van der Waals surface area contributed by atoms with E-state index in [4.69, 9.17) is 10.5 Å². The maximum atomic E-state index is 12.0. The fourth-order valence-corrected chi connectivity index (χ4v) is 2.67. The Morgan fingerprint density at radius 3 is 3.10 bits per heavy atom. The van der Waals surface area contributed by atoms with E-state index in [0.29, 0.717) is 30.6 Å². The number of aromatic nitrogens is 1. The molecule has 1 aromatic rings. The standard InChI is InChI=1S/C15H23N3O2/c1-3-20-15(19)13-5-4-7-17-14(13)18-8-6-11(2)12(9-16)10-18/h4-5,7,11-12H,3,6,8-10,16H2,1-2H3. The summed E-state index contributed by atoms with van der Waals surface area (Å²) >= 11 is 0. The van der Waals surface area contributed by atoms with Gasteiger partial charge in [-0.25, -0.2) is 9.78 Å². The van der Waals surface area contributed by atoms with Crippen LogP contribution in [0.2, 0.25) is 0 Å². The Bertz CT molecular complexity index is 464. The van der Waals surface area contributed by atoms with Crippen LogP contribution in [-0.4, -0.2) is 37.2 Å². The molecule has 2 heterocycles. The van der Waals surface area contributed by atoms with E-state index < -0.39 is 0 Å². The van der Waals surface area contributed by atoms with Gasteiger partial charge in [0.15, 0.2) is 0 Å². The Morgan fingerprint density at radius 2 is 2.40 bits per heavy atom. The fourth-order valence-electron chi connectivity index (χ4n) is 2.67. The van der Waals surface area contributed by atoms with Gasteiger partial charge in [0.25, 0.3) is 0 Å². The highest BCUT2D eigenvalue weighted by Gasteiger charge is 2.28. The van der Waals surface area contributed by atoms with E-state index >= 15 is 0 Å². The second-order valence-corrected chi connectivity index (χ2v) is 5.30. The van der Waals surface area contributed by atoms with Crippen molar-refractivity contribution in [1.82, 2.24) is 4.98 Å². The number of hydrogen-bond acceptors (Lipinski definition) is 5. The van der Waals surface area contributed by atoms with E-state index in [1.807, 2.05) is 0 Å². The minimum atomic E-state index is -0.307. The molecule has 0 spiro atoms. The Kier molecular flexibility index (Phi) is 4.95. The van der Waals surface area contributed by atoms with Crippen LogP contribution in [0.15, 0.2) is 18.3 Å². The van der Waals surface area contributed by atoms with Gasteiger partial charge in [0.05, 0.1) is 6.61 Å². The van der Waals surface area contributed by atoms with E-state index in [1.54, 1.807) is 25.3 Å². The number of nitrogens with two attached hydrogens (primary N) is 1. The molecule has 0 aliphatic carbocycles. The van der Waals surface area contributed by atoms with Gasteiger partial charge in [0.2, 0.25) is 0 Å². The van der Waals surface area contributed by atoms with Crippen molar-refractivity contribution in [3.63, 3.8) is 0 Å². The first-order chi connectivity index (χ1) is 9.67. The monoisotopic (exact) mass is 277 g/mol. The number of piperidine rings is 1. The molecular formula is C15H23N3O2. The van der Waals surface area contributed by atoms with E-state index in [9.17, 15) is 4.79 Å². The zero-order valence-electron chi connectivity index (χ0n) is 12.2. The van der Waals surface area contributed by atoms with E-state index in [2.05, 4.69) is 16.8 Å². The van der Waals surface area contributed by atoms with Gasteiger partial charge < -0.3 is 15.4 Å². The van der Waals surface area contributed by atoms with Crippen molar-refractivity contribution in [2.24, 2.45) is 17.6 Å². The number of rotatable bonds is 4. The van der Waals surface area contributed by atoms with Crippen molar-refractivity contribution in [3.8, 4) is 0 Å². The molecule has 1 fully saturated rings. The van der Waals surface area contributed by atoms with Crippen molar-refractivity contribution < 1.29 is 9.53 Å². The van der Waals surface area contributed by atoms with Gasteiger partial charge in [0.1, 0.15) is 11.4 Å². The van der Waals surface area contributed by atoms with Crippen molar-refractivity contribution >= 4 is 11.8 Å². The molecule has 0 saturated carbocycles. The molecule has 2 unspecified atom stereocenters. The summed E-state index contributed by atoms with van der Waals surface area (Å²) in [4.78, 5) is 18.6. The zero-order valence-corrected chi connectivity index (χ0v) is 12.2. The molecule has 0 aromatic carbocycles. The maximum Gasteiger partial charge on any atom is 0.341 e. The first kappa shape index (κ1) is 14.8. The molecule has 110 valence electrons. The number of esters is 1. The van der Waals surface area contributed by atoms with Gasteiger partial charge in [-0.05, 0) is 43.9 Å². The average Bonchev–Trinajstić information content (AvgIpc) is 2.48. The molecule has 5 nitrogen and oxygen atoms in total. The van der Waals surface area contributed by atoms with Gasteiger partial charge >= 0.3 is 5.97 Å². The Balaban J connectivity index is 2.22. The quantitative estimate of drug-likeness (QED) is 0.848. The Morgan fingerprint density at radius 1 is 1.60 bits per heavy atom. The summed E-state index contributed by atoms with van der Waals surface area (Å²) in [6.45, 7) is 6.83. The lowest BCUT2D eigenvalue weighted by Gasteiger charge is -2.37. The molecule has 0 radical (unpaired) electrons. The van der Waals surface area contributed by atoms with E-state index in [1.165, 1.54) is 0 Å². The molecule has 1 saturated heterocycles. The van der Waals surface area contributed by atoms with Crippen LogP contribution in [0.3, 0.4) is 0 Å². The molecule has 1 aromatic heterocycles. The lowest BCUT2D eigenvalue weighted by molar-refractivity contribution is 0.0526. The van der Waals surface area contributed by atoms with Crippen molar-refractivity contribution in [2.75, 3.05) is 31.1 Å². The van der Waals surface area contributed by atoms with Crippen LogP contribution in [-0.2, 0) is 4.74 Å². The van der Waals surface area contributed by atoms with Gasteiger partial charge in [-0.3, -0.25) is 0 Å². The highest BCUT2D eigenvalue weighted by atomic mass is 16.5. The molecule has 0 bridgehead atoms. The van der Waals surface area contributed by atoms with Crippen molar-refractivity contribution in [1.29, 1.82) is 0 Å². The number of carbonyl (C=O) groups is 1. The summed E-state index contributed by atoms with van der Waals surface area (Å²) in [7, 11) is 0. The number of ether oxygens (including phenoxy) is 1. The summed E-state index contributed by atoms with van der Waals surface area (Å²) in [5.41, 5.74) is 6.38. The molecule has 5 heteroatoms. The van der Waals surface area contributed by atoms with Gasteiger partial charge in [0, 0.05) is 19.3 Å². The normalized spacial score (nSPS) is 22.6. The second-order valence-electron chi connectivity index (χ2n) is 5.30. The number of carbonyl (C=O) groups excluding carboxylic acids is 1. The lowest BCUT2D eigenvalue weighted by atomic mass is 9.87. The average molecular weight is 277 g/mol. The molecule has 1 aliphatic heterocycles. The van der Waals surface area contributed by atoms with Crippen molar-refractivity contribution in [3.05, 3.63) is 23.9 Å². The molecule has 0 amide bonds. The number of pyridine rings is 1. The fraction of sp³-hybridized carbons (Fsp3) is 0.600. The summed E-state index contributed by atoms with van der Waals surface area (Å²) in [6.07, 6.45) is 2.79.